The van der Waals surface area contributed by atoms with E-state index in [0.717, 1.165) is 21.7 Å². The van der Waals surface area contributed by atoms with E-state index in [1.165, 1.54) is 0 Å². The molecule has 18 heavy (non-hydrogen) atoms. The lowest BCUT2D eigenvalue weighted by Gasteiger charge is -2.20. The first-order valence-corrected chi connectivity index (χ1v) is 6.43. The van der Waals surface area contributed by atoms with Crippen LogP contribution in [0, 0.1) is 0 Å². The number of nitrogens with two attached hydrogens (primary N) is 1. The molecule has 0 aromatic carbocycles. The second-order valence-corrected chi connectivity index (χ2v) is 5.07. The van der Waals surface area contributed by atoms with Crippen LogP contribution in [0.5, 0.6) is 0 Å². The molecule has 96 valence electrons. The molecule has 2 heterocycles. The minimum absolute atomic E-state index is 0.465. The van der Waals surface area contributed by atoms with Crippen LogP contribution in [0.1, 0.15) is 11.4 Å². The fraction of sp³-hybridized carbons (Fsp3) is 0.333. The highest BCUT2D eigenvalue weighted by Crippen LogP contribution is 2.21. The predicted molar refractivity (Wildman–Crippen MR) is 75.1 cm³/mol. The van der Waals surface area contributed by atoms with E-state index in [1.807, 2.05) is 30.9 Å². The van der Waals surface area contributed by atoms with Gasteiger partial charge in [-0.15, -0.1) is 0 Å². The summed E-state index contributed by atoms with van der Waals surface area (Å²) in [6.07, 6.45) is 5.51. The molecule has 2 rings (SSSR count). The molecule has 0 amide bonds. The van der Waals surface area contributed by atoms with Crippen LogP contribution in [0.3, 0.4) is 0 Å². The Kier molecular flexibility index (Phi) is 3.98. The van der Waals surface area contributed by atoms with Gasteiger partial charge in [0.1, 0.15) is 11.6 Å². The Morgan fingerprint density at radius 1 is 1.44 bits per heavy atom. The van der Waals surface area contributed by atoms with E-state index >= 15 is 0 Å². The molecule has 0 bridgehead atoms. The van der Waals surface area contributed by atoms with Gasteiger partial charge in [0.2, 0.25) is 0 Å². The molecule has 2 N–H and O–H groups in total. The third-order valence-electron chi connectivity index (χ3n) is 2.79. The van der Waals surface area contributed by atoms with Gasteiger partial charge in [-0.3, -0.25) is 0 Å². The number of aromatic nitrogens is 3. The summed E-state index contributed by atoms with van der Waals surface area (Å²) >= 11 is 3.41. The van der Waals surface area contributed by atoms with Crippen molar-refractivity contribution in [1.82, 2.24) is 14.5 Å². The lowest BCUT2D eigenvalue weighted by molar-refractivity contribution is 0.751. The van der Waals surface area contributed by atoms with E-state index in [9.17, 15) is 0 Å². The number of hydrogen-bond donors (Lipinski definition) is 1. The van der Waals surface area contributed by atoms with E-state index in [0.29, 0.717) is 13.1 Å². The third-order valence-corrected chi connectivity index (χ3v) is 3.22. The second kappa shape index (κ2) is 5.49. The van der Waals surface area contributed by atoms with Crippen LogP contribution in [-0.4, -0.2) is 21.6 Å². The van der Waals surface area contributed by atoms with Gasteiger partial charge in [0.05, 0.1) is 6.54 Å². The maximum atomic E-state index is 5.75. The molecule has 0 aliphatic rings. The summed E-state index contributed by atoms with van der Waals surface area (Å²) in [6.45, 7) is 1.16. The molecule has 5 nitrogen and oxygen atoms in total. The van der Waals surface area contributed by atoms with E-state index in [2.05, 4.69) is 30.8 Å². The van der Waals surface area contributed by atoms with Crippen LogP contribution >= 0.6 is 15.9 Å². The number of imidazole rings is 1. The van der Waals surface area contributed by atoms with Crippen molar-refractivity contribution in [2.75, 3.05) is 11.9 Å². The summed E-state index contributed by atoms with van der Waals surface area (Å²) in [7, 11) is 3.97. The molecule has 0 aliphatic carbocycles. The first-order chi connectivity index (χ1) is 8.61. The minimum atomic E-state index is 0.465. The predicted octanol–water partition coefficient (Wildman–Crippen LogP) is 1.67. The third kappa shape index (κ3) is 2.70. The Balaban J connectivity index is 2.23. The SMILES string of the molecule is CN(Cc1nccn1C)c1ncc(Br)cc1CN. The van der Waals surface area contributed by atoms with Crippen molar-refractivity contribution in [3.8, 4) is 0 Å². The molecule has 6 heteroatoms. The van der Waals surface area contributed by atoms with E-state index in [-0.39, 0.29) is 0 Å². The fourth-order valence-corrected chi connectivity index (χ4v) is 2.18. The lowest BCUT2D eigenvalue weighted by Crippen LogP contribution is -2.22. The van der Waals surface area contributed by atoms with Crippen molar-refractivity contribution in [2.24, 2.45) is 12.8 Å². The number of hydrogen-bond acceptors (Lipinski definition) is 4. The smallest absolute Gasteiger partial charge is 0.133 e. The molecule has 2 aromatic rings. The van der Waals surface area contributed by atoms with Crippen molar-refractivity contribution in [1.29, 1.82) is 0 Å². The van der Waals surface area contributed by atoms with Gasteiger partial charge in [-0.25, -0.2) is 9.97 Å². The van der Waals surface area contributed by atoms with E-state index in [1.54, 1.807) is 12.4 Å². The molecule has 0 spiro atoms. The van der Waals surface area contributed by atoms with Crippen molar-refractivity contribution in [2.45, 2.75) is 13.1 Å². The van der Waals surface area contributed by atoms with Crippen molar-refractivity contribution < 1.29 is 0 Å². The summed E-state index contributed by atoms with van der Waals surface area (Å²) in [5.74, 6) is 1.88. The average Bonchev–Trinajstić information content (AvgIpc) is 2.74. The maximum absolute atomic E-state index is 5.75. The van der Waals surface area contributed by atoms with Crippen LogP contribution in [-0.2, 0) is 20.1 Å². The minimum Gasteiger partial charge on any atom is -0.352 e. The van der Waals surface area contributed by atoms with E-state index < -0.39 is 0 Å². The monoisotopic (exact) mass is 309 g/mol. The molecule has 0 unspecified atom stereocenters. The molecule has 0 saturated carbocycles. The Morgan fingerprint density at radius 2 is 2.22 bits per heavy atom. The van der Waals surface area contributed by atoms with Gasteiger partial charge in [-0.05, 0) is 22.0 Å². The highest BCUT2D eigenvalue weighted by molar-refractivity contribution is 9.10. The first-order valence-electron chi connectivity index (χ1n) is 5.63. The van der Waals surface area contributed by atoms with Gasteiger partial charge >= 0.3 is 0 Å². The van der Waals surface area contributed by atoms with Crippen LogP contribution in [0.4, 0.5) is 5.82 Å². The van der Waals surface area contributed by atoms with Gasteiger partial charge in [-0.2, -0.15) is 0 Å². The summed E-state index contributed by atoms with van der Waals surface area (Å²) in [4.78, 5) is 10.8. The molecular formula is C12H16BrN5. The largest absolute Gasteiger partial charge is 0.352 e. The molecule has 0 radical (unpaired) electrons. The van der Waals surface area contributed by atoms with E-state index in [4.69, 9.17) is 5.73 Å². The highest BCUT2D eigenvalue weighted by atomic mass is 79.9. The van der Waals surface area contributed by atoms with Crippen LogP contribution < -0.4 is 10.6 Å². The molecule has 2 aromatic heterocycles. The Hall–Kier alpha value is -1.40. The standard InChI is InChI=1S/C12H16BrN5/c1-17-4-3-15-11(17)8-18(2)12-9(6-14)5-10(13)7-16-12/h3-5,7H,6,8,14H2,1-2H3. The van der Waals surface area contributed by atoms with Crippen molar-refractivity contribution >= 4 is 21.7 Å². The van der Waals surface area contributed by atoms with Crippen molar-refractivity contribution in [3.05, 3.63) is 40.5 Å². The van der Waals surface area contributed by atoms with Gasteiger partial charge in [-0.1, -0.05) is 0 Å². The maximum Gasteiger partial charge on any atom is 0.133 e. The zero-order chi connectivity index (χ0) is 13.1. The molecular weight excluding hydrogens is 294 g/mol. The number of aryl methyl sites for hydroxylation is 1. The van der Waals surface area contributed by atoms with Gasteiger partial charge in [0.25, 0.3) is 0 Å². The zero-order valence-electron chi connectivity index (χ0n) is 10.5. The zero-order valence-corrected chi connectivity index (χ0v) is 12.1. The quantitative estimate of drug-likeness (QED) is 0.933. The van der Waals surface area contributed by atoms with Crippen LogP contribution in [0.15, 0.2) is 29.1 Å². The summed E-state index contributed by atoms with van der Waals surface area (Å²) in [5, 5.41) is 0. The molecule has 0 aliphatic heterocycles. The first kappa shape index (κ1) is 13.0. The molecule has 0 fully saturated rings. The Bertz CT molecular complexity index is 537. The number of pyridine rings is 1. The normalized spacial score (nSPS) is 10.7. The van der Waals surface area contributed by atoms with Crippen molar-refractivity contribution in [3.63, 3.8) is 0 Å². The fourth-order valence-electron chi connectivity index (χ4n) is 1.80. The topological polar surface area (TPSA) is 60.0 Å². The second-order valence-electron chi connectivity index (χ2n) is 4.15. The number of nitrogens with zero attached hydrogens (tertiary/aromatic N) is 4. The van der Waals surface area contributed by atoms with Gasteiger partial charge in [0, 0.05) is 49.3 Å². The average molecular weight is 310 g/mol. The number of rotatable bonds is 4. The Morgan fingerprint density at radius 3 is 2.83 bits per heavy atom. The summed E-state index contributed by atoms with van der Waals surface area (Å²) in [5.41, 5.74) is 6.77. The number of halogens is 1. The molecule has 0 atom stereocenters. The van der Waals surface area contributed by atoms with Crippen LogP contribution in [0.2, 0.25) is 0 Å². The lowest BCUT2D eigenvalue weighted by atomic mass is 10.2. The summed E-state index contributed by atoms with van der Waals surface area (Å²) in [6, 6.07) is 2.00. The van der Waals surface area contributed by atoms with Crippen LogP contribution in [0.25, 0.3) is 0 Å². The number of anilines is 1. The Labute approximate surface area is 115 Å². The highest BCUT2D eigenvalue weighted by Gasteiger charge is 2.11. The van der Waals surface area contributed by atoms with Gasteiger partial charge < -0.3 is 15.2 Å². The van der Waals surface area contributed by atoms with Gasteiger partial charge in [0.15, 0.2) is 0 Å². The summed E-state index contributed by atoms with van der Waals surface area (Å²) < 4.78 is 2.94. The molecule has 0 saturated heterocycles.